The van der Waals surface area contributed by atoms with Crippen molar-refractivity contribution in [3.63, 3.8) is 0 Å². The van der Waals surface area contributed by atoms with Crippen LogP contribution in [0.25, 0.3) is 65.0 Å². The fourth-order valence-electron chi connectivity index (χ4n) is 6.37. The van der Waals surface area contributed by atoms with Gasteiger partial charge in [-0.25, -0.2) is 4.98 Å². The summed E-state index contributed by atoms with van der Waals surface area (Å²) in [5.74, 6) is 0. The van der Waals surface area contributed by atoms with E-state index in [4.69, 9.17) is 9.40 Å². The summed E-state index contributed by atoms with van der Waals surface area (Å²) in [5.41, 5.74) is 11.8. The predicted octanol–water partition coefficient (Wildman–Crippen LogP) is 12.7. The Hall–Kier alpha value is -5.97. The highest BCUT2D eigenvalue weighted by Gasteiger charge is 2.17. The van der Waals surface area contributed by atoms with Gasteiger partial charge >= 0.3 is 0 Å². The zero-order valence-corrected chi connectivity index (χ0v) is 26.2. The van der Waals surface area contributed by atoms with Crippen LogP contribution >= 0.6 is 11.3 Å². The van der Waals surface area contributed by atoms with Crippen molar-refractivity contribution in [1.29, 1.82) is 0 Å². The third kappa shape index (κ3) is 5.05. The first kappa shape index (κ1) is 27.3. The normalized spacial score (nSPS) is 11.4. The van der Waals surface area contributed by atoms with Gasteiger partial charge in [0.25, 0.3) is 0 Å². The van der Waals surface area contributed by atoms with Gasteiger partial charge in [0, 0.05) is 39.5 Å². The molecule has 4 heteroatoms. The fourth-order valence-corrected chi connectivity index (χ4v) is 7.38. The van der Waals surface area contributed by atoms with E-state index in [-0.39, 0.29) is 0 Å². The molecule has 0 N–H and O–H groups in total. The summed E-state index contributed by atoms with van der Waals surface area (Å²) in [7, 11) is 0. The number of hydrogen-bond acceptors (Lipinski definition) is 4. The molecule has 2 heterocycles. The summed E-state index contributed by atoms with van der Waals surface area (Å²) in [4.78, 5) is 7.20. The van der Waals surface area contributed by atoms with E-state index in [9.17, 15) is 0 Å². The number of furan rings is 1. The predicted molar refractivity (Wildman–Crippen MR) is 198 cm³/mol. The van der Waals surface area contributed by atoms with Crippen LogP contribution < -0.4 is 4.90 Å². The van der Waals surface area contributed by atoms with Crippen LogP contribution in [-0.4, -0.2) is 4.98 Å². The average molecular weight is 621 g/mol. The summed E-state index contributed by atoms with van der Waals surface area (Å²) in [6.45, 7) is 0. The molecule has 0 fully saturated rings. The Morgan fingerprint density at radius 3 is 1.87 bits per heavy atom. The van der Waals surface area contributed by atoms with Gasteiger partial charge in [-0.3, -0.25) is 0 Å². The van der Waals surface area contributed by atoms with Crippen LogP contribution in [0.4, 0.5) is 17.1 Å². The van der Waals surface area contributed by atoms with Crippen molar-refractivity contribution < 1.29 is 4.42 Å². The number of fused-ring (bicyclic) bond motifs is 4. The van der Waals surface area contributed by atoms with Crippen molar-refractivity contribution >= 4 is 60.6 Å². The Bertz CT molecular complexity index is 2510. The summed E-state index contributed by atoms with van der Waals surface area (Å²) >= 11 is 1.74. The smallest absolute Gasteiger partial charge is 0.137 e. The summed E-state index contributed by atoms with van der Waals surface area (Å²) < 4.78 is 7.50. The van der Waals surface area contributed by atoms with Crippen molar-refractivity contribution in [2.24, 2.45) is 0 Å². The summed E-state index contributed by atoms with van der Waals surface area (Å²) in [6, 6.07) is 59.8. The van der Waals surface area contributed by atoms with E-state index in [0.717, 1.165) is 60.7 Å². The van der Waals surface area contributed by atoms with Gasteiger partial charge < -0.3 is 9.32 Å². The zero-order chi connectivity index (χ0) is 31.2. The Kier molecular flexibility index (Phi) is 6.65. The highest BCUT2D eigenvalue weighted by atomic mass is 32.1. The van der Waals surface area contributed by atoms with Crippen LogP contribution in [0.1, 0.15) is 0 Å². The molecule has 3 nitrogen and oxygen atoms in total. The van der Waals surface area contributed by atoms with E-state index in [0.29, 0.717) is 0 Å². The van der Waals surface area contributed by atoms with Crippen molar-refractivity contribution in [2.75, 3.05) is 4.90 Å². The van der Waals surface area contributed by atoms with Crippen LogP contribution in [0.2, 0.25) is 0 Å². The molecule has 2 aromatic heterocycles. The number of benzene rings is 7. The van der Waals surface area contributed by atoms with Crippen LogP contribution in [0.3, 0.4) is 0 Å². The minimum Gasteiger partial charge on any atom is -0.456 e. The molecule has 0 aliphatic heterocycles. The molecule has 0 amide bonds. The summed E-state index contributed by atoms with van der Waals surface area (Å²) in [5, 5.41) is 3.29. The minimum absolute atomic E-state index is 0.872. The molecule has 0 spiro atoms. The van der Waals surface area contributed by atoms with Crippen molar-refractivity contribution in [3.05, 3.63) is 170 Å². The molecule has 0 bridgehead atoms. The quantitative estimate of drug-likeness (QED) is 0.185. The van der Waals surface area contributed by atoms with Crippen LogP contribution in [0.5, 0.6) is 0 Å². The molecule has 0 saturated carbocycles. The molecule has 0 radical (unpaired) electrons. The molecule has 0 aliphatic rings. The van der Waals surface area contributed by atoms with Gasteiger partial charge in [-0.1, -0.05) is 109 Å². The van der Waals surface area contributed by atoms with Crippen LogP contribution in [-0.2, 0) is 0 Å². The Morgan fingerprint density at radius 2 is 1.04 bits per heavy atom. The number of aromatic nitrogens is 1. The minimum atomic E-state index is 0.872. The van der Waals surface area contributed by atoms with Gasteiger partial charge in [0.05, 0.1) is 10.2 Å². The first-order valence-electron chi connectivity index (χ1n) is 15.7. The lowest BCUT2D eigenvalue weighted by Crippen LogP contribution is -2.10. The number of rotatable bonds is 6. The molecule has 9 rings (SSSR count). The standard InChI is InChI=1S/C43H28N2OS/c1-3-10-29(11-4-1)32-14-9-15-35(26-32)45(36-23-24-38-37-16-7-8-17-40(37)46-41(38)28-36)34-21-18-30(19-22-34)33-20-25-39-42(27-33)47-43(44-39)31-12-5-2-6-13-31/h1-28H. The van der Waals surface area contributed by atoms with Gasteiger partial charge in [-0.05, 0) is 76.9 Å². The number of para-hydroxylation sites is 1. The van der Waals surface area contributed by atoms with Crippen LogP contribution in [0.15, 0.2) is 174 Å². The molecule has 7 aromatic carbocycles. The van der Waals surface area contributed by atoms with Crippen LogP contribution in [0, 0.1) is 0 Å². The van der Waals surface area contributed by atoms with E-state index >= 15 is 0 Å². The van der Waals surface area contributed by atoms with E-state index in [2.05, 4.69) is 157 Å². The lowest BCUT2D eigenvalue weighted by molar-refractivity contribution is 0.669. The van der Waals surface area contributed by atoms with Crippen molar-refractivity contribution in [2.45, 2.75) is 0 Å². The Morgan fingerprint density at radius 1 is 0.426 bits per heavy atom. The van der Waals surface area contributed by atoms with Gasteiger partial charge in [-0.15, -0.1) is 11.3 Å². The van der Waals surface area contributed by atoms with Gasteiger partial charge in [-0.2, -0.15) is 0 Å². The molecule has 0 atom stereocenters. The lowest BCUT2D eigenvalue weighted by Gasteiger charge is -2.26. The topological polar surface area (TPSA) is 29.3 Å². The number of thiazole rings is 1. The maximum atomic E-state index is 6.32. The Balaban J connectivity index is 1.12. The van der Waals surface area contributed by atoms with E-state index in [1.165, 1.54) is 21.4 Å². The molecule has 0 saturated heterocycles. The number of anilines is 3. The van der Waals surface area contributed by atoms with Gasteiger partial charge in [0.15, 0.2) is 0 Å². The average Bonchev–Trinajstić information content (AvgIpc) is 3.74. The fraction of sp³-hybridized carbons (Fsp3) is 0. The highest BCUT2D eigenvalue weighted by molar-refractivity contribution is 7.21. The van der Waals surface area contributed by atoms with E-state index in [1.54, 1.807) is 11.3 Å². The first-order valence-corrected chi connectivity index (χ1v) is 16.5. The molecule has 0 aliphatic carbocycles. The van der Waals surface area contributed by atoms with Crippen molar-refractivity contribution in [1.82, 2.24) is 4.98 Å². The van der Waals surface area contributed by atoms with E-state index < -0.39 is 0 Å². The maximum Gasteiger partial charge on any atom is 0.137 e. The molecule has 47 heavy (non-hydrogen) atoms. The van der Waals surface area contributed by atoms with Crippen molar-refractivity contribution in [3.8, 4) is 32.8 Å². The number of nitrogens with zero attached hydrogens (tertiary/aromatic N) is 2. The molecule has 0 unspecified atom stereocenters. The third-order valence-electron chi connectivity index (χ3n) is 8.70. The monoisotopic (exact) mass is 620 g/mol. The number of hydrogen-bond donors (Lipinski definition) is 0. The van der Waals surface area contributed by atoms with E-state index in [1.807, 2.05) is 18.2 Å². The third-order valence-corrected chi connectivity index (χ3v) is 9.77. The zero-order valence-electron chi connectivity index (χ0n) is 25.4. The maximum absolute atomic E-state index is 6.32. The molecular formula is C43H28N2OS. The van der Waals surface area contributed by atoms with Gasteiger partial charge in [0.1, 0.15) is 16.2 Å². The second-order valence-corrected chi connectivity index (χ2v) is 12.7. The second kappa shape index (κ2) is 11.4. The molecule has 9 aromatic rings. The first-order chi connectivity index (χ1) is 23.3. The Labute approximate surface area is 276 Å². The SMILES string of the molecule is c1ccc(-c2cccc(N(c3ccc(-c4ccc5nc(-c6ccccc6)sc5c4)cc3)c3ccc4c(c3)oc3ccccc34)c2)cc1. The molecule has 222 valence electrons. The van der Waals surface area contributed by atoms with Gasteiger partial charge in [0.2, 0.25) is 0 Å². The molecular weight excluding hydrogens is 593 g/mol. The largest absolute Gasteiger partial charge is 0.456 e. The lowest BCUT2D eigenvalue weighted by atomic mass is 10.0. The highest BCUT2D eigenvalue weighted by Crippen LogP contribution is 2.40. The summed E-state index contributed by atoms with van der Waals surface area (Å²) in [6.07, 6.45) is 0. The second-order valence-electron chi connectivity index (χ2n) is 11.6.